The molecule has 0 aliphatic rings. The van der Waals surface area contributed by atoms with Crippen molar-refractivity contribution < 1.29 is 39.9 Å². The van der Waals surface area contributed by atoms with E-state index in [0.717, 1.165) is 7.05 Å². The standard InChI is InChI=1S/C15H18F5NO4S/c1-6-7(14(22)25-15(2,3)4)21(5)26(23,24)13-11(19)9(17)8(16)10(18)12(13)20/h7H,6H2,1-5H3/t7-/m1/s1. The van der Waals surface area contributed by atoms with Gasteiger partial charge in [0.2, 0.25) is 15.8 Å². The number of likely N-dealkylation sites (N-methyl/N-ethyl adjacent to an activating group) is 1. The highest BCUT2D eigenvalue weighted by molar-refractivity contribution is 7.89. The quantitative estimate of drug-likeness (QED) is 0.328. The van der Waals surface area contributed by atoms with Crippen molar-refractivity contribution in [3.8, 4) is 0 Å². The molecule has 0 aliphatic heterocycles. The third kappa shape index (κ3) is 4.14. The van der Waals surface area contributed by atoms with E-state index in [1.54, 1.807) is 0 Å². The minimum atomic E-state index is -5.24. The van der Waals surface area contributed by atoms with Gasteiger partial charge in [-0.3, -0.25) is 4.79 Å². The SMILES string of the molecule is CC[C@H](C(=O)OC(C)(C)C)N(C)S(=O)(=O)c1c(F)c(F)c(F)c(F)c1F. The van der Waals surface area contributed by atoms with Crippen molar-refractivity contribution in [2.75, 3.05) is 7.05 Å². The topological polar surface area (TPSA) is 63.7 Å². The van der Waals surface area contributed by atoms with Gasteiger partial charge in [0, 0.05) is 7.05 Å². The maximum absolute atomic E-state index is 13.9. The zero-order valence-corrected chi connectivity index (χ0v) is 15.5. The zero-order chi connectivity index (χ0) is 20.6. The van der Waals surface area contributed by atoms with Crippen molar-refractivity contribution in [3.63, 3.8) is 0 Å². The first kappa shape index (κ1) is 22.3. The summed E-state index contributed by atoms with van der Waals surface area (Å²) in [5.74, 6) is -13.3. The minimum absolute atomic E-state index is 0.167. The fourth-order valence-electron chi connectivity index (χ4n) is 2.06. The second kappa shape index (κ2) is 7.47. The Hall–Kier alpha value is -1.75. The van der Waals surface area contributed by atoms with Crippen molar-refractivity contribution in [2.24, 2.45) is 0 Å². The van der Waals surface area contributed by atoms with E-state index in [1.165, 1.54) is 27.7 Å². The van der Waals surface area contributed by atoms with Crippen LogP contribution in [0.15, 0.2) is 4.90 Å². The van der Waals surface area contributed by atoms with Gasteiger partial charge in [0.15, 0.2) is 28.2 Å². The van der Waals surface area contributed by atoms with E-state index in [9.17, 15) is 35.2 Å². The van der Waals surface area contributed by atoms with Gasteiger partial charge in [0.25, 0.3) is 0 Å². The molecular weight excluding hydrogens is 385 g/mol. The molecule has 0 unspecified atom stereocenters. The lowest BCUT2D eigenvalue weighted by Crippen LogP contribution is -2.45. The number of hydrogen-bond donors (Lipinski definition) is 0. The van der Waals surface area contributed by atoms with Crippen LogP contribution >= 0.6 is 0 Å². The zero-order valence-electron chi connectivity index (χ0n) is 14.7. The molecular formula is C15H18F5NO4S. The molecule has 26 heavy (non-hydrogen) atoms. The van der Waals surface area contributed by atoms with Crippen LogP contribution < -0.4 is 0 Å². The maximum Gasteiger partial charge on any atom is 0.324 e. The first-order valence-electron chi connectivity index (χ1n) is 7.39. The van der Waals surface area contributed by atoms with Gasteiger partial charge in [0.1, 0.15) is 11.6 Å². The van der Waals surface area contributed by atoms with E-state index in [0.29, 0.717) is 0 Å². The Morgan fingerprint density at radius 3 is 1.73 bits per heavy atom. The van der Waals surface area contributed by atoms with Crippen LogP contribution in [0.2, 0.25) is 0 Å². The predicted molar refractivity (Wildman–Crippen MR) is 81.1 cm³/mol. The average Bonchev–Trinajstić information content (AvgIpc) is 2.49. The summed E-state index contributed by atoms with van der Waals surface area (Å²) >= 11 is 0. The third-order valence-electron chi connectivity index (χ3n) is 3.31. The molecule has 1 rings (SSSR count). The molecule has 0 spiro atoms. The highest BCUT2D eigenvalue weighted by Crippen LogP contribution is 2.30. The Balaban J connectivity index is 3.48. The third-order valence-corrected chi connectivity index (χ3v) is 5.20. The number of nitrogens with zero attached hydrogens (tertiary/aromatic N) is 1. The Morgan fingerprint density at radius 2 is 1.38 bits per heavy atom. The number of carbonyl (C=O) groups is 1. The molecule has 0 saturated carbocycles. The van der Waals surface area contributed by atoms with Crippen molar-refractivity contribution >= 4 is 16.0 Å². The second-order valence-corrected chi connectivity index (χ2v) is 8.31. The van der Waals surface area contributed by atoms with Crippen LogP contribution in [0.3, 0.4) is 0 Å². The van der Waals surface area contributed by atoms with Gasteiger partial charge in [-0.2, -0.15) is 4.31 Å². The highest BCUT2D eigenvalue weighted by Gasteiger charge is 2.40. The molecule has 148 valence electrons. The molecule has 1 atom stereocenters. The Kier molecular flexibility index (Phi) is 6.41. The van der Waals surface area contributed by atoms with Crippen molar-refractivity contribution in [1.29, 1.82) is 0 Å². The first-order valence-corrected chi connectivity index (χ1v) is 8.83. The number of carbonyl (C=O) groups excluding carboxylic acids is 1. The number of halogens is 5. The molecule has 0 aromatic heterocycles. The summed E-state index contributed by atoms with van der Waals surface area (Å²) in [5, 5.41) is 0. The predicted octanol–water partition coefficient (Wildman–Crippen LogP) is 3.12. The van der Waals surface area contributed by atoms with Crippen LogP contribution in [0.5, 0.6) is 0 Å². The Labute approximate surface area is 147 Å². The maximum atomic E-state index is 13.9. The second-order valence-electron chi connectivity index (χ2n) is 6.38. The lowest BCUT2D eigenvalue weighted by Gasteiger charge is -2.28. The molecule has 5 nitrogen and oxygen atoms in total. The number of rotatable bonds is 5. The minimum Gasteiger partial charge on any atom is -0.459 e. The first-order chi connectivity index (χ1) is 11.7. The monoisotopic (exact) mass is 403 g/mol. The van der Waals surface area contributed by atoms with E-state index in [4.69, 9.17) is 4.74 Å². The fourth-order valence-corrected chi connectivity index (χ4v) is 3.56. The van der Waals surface area contributed by atoms with E-state index >= 15 is 0 Å². The molecule has 1 aromatic carbocycles. The van der Waals surface area contributed by atoms with Gasteiger partial charge in [-0.05, 0) is 27.2 Å². The lowest BCUT2D eigenvalue weighted by atomic mass is 10.1. The highest BCUT2D eigenvalue weighted by atomic mass is 32.2. The van der Waals surface area contributed by atoms with E-state index in [1.807, 2.05) is 0 Å². The molecule has 0 radical (unpaired) electrons. The summed E-state index contributed by atoms with van der Waals surface area (Å²) < 4.78 is 97.6. The number of benzene rings is 1. The Morgan fingerprint density at radius 1 is 1.00 bits per heavy atom. The van der Waals surface area contributed by atoms with Crippen molar-refractivity contribution in [2.45, 2.75) is 50.7 Å². The molecule has 1 aromatic rings. The average molecular weight is 403 g/mol. The Bertz CT molecular complexity index is 791. The van der Waals surface area contributed by atoms with Gasteiger partial charge in [-0.25, -0.2) is 30.4 Å². The largest absolute Gasteiger partial charge is 0.459 e. The molecule has 0 saturated heterocycles. The summed E-state index contributed by atoms with van der Waals surface area (Å²) in [4.78, 5) is 10.1. The summed E-state index contributed by atoms with van der Waals surface area (Å²) in [6, 6.07) is -1.53. The van der Waals surface area contributed by atoms with E-state index in [2.05, 4.69) is 0 Å². The number of sulfonamides is 1. The molecule has 11 heteroatoms. The normalized spacial score (nSPS) is 13.8. The summed E-state index contributed by atoms with van der Waals surface area (Å²) in [5.41, 5.74) is -0.986. The summed E-state index contributed by atoms with van der Waals surface area (Å²) in [7, 11) is -4.45. The van der Waals surface area contributed by atoms with Crippen molar-refractivity contribution in [1.82, 2.24) is 4.31 Å². The van der Waals surface area contributed by atoms with Gasteiger partial charge >= 0.3 is 5.97 Å². The summed E-state index contributed by atoms with van der Waals surface area (Å²) in [6.07, 6.45) is -0.167. The van der Waals surface area contributed by atoms with Crippen LogP contribution in [0, 0.1) is 29.1 Å². The van der Waals surface area contributed by atoms with Crippen LogP contribution in [0.1, 0.15) is 34.1 Å². The van der Waals surface area contributed by atoms with Crippen LogP contribution in [0.4, 0.5) is 22.0 Å². The number of ether oxygens (including phenoxy) is 1. The number of esters is 1. The van der Waals surface area contributed by atoms with Crippen LogP contribution in [-0.2, 0) is 19.6 Å². The van der Waals surface area contributed by atoms with E-state index in [-0.39, 0.29) is 10.7 Å². The van der Waals surface area contributed by atoms with Crippen LogP contribution in [-0.4, -0.2) is 37.4 Å². The summed E-state index contributed by atoms with van der Waals surface area (Å²) in [6.45, 7) is 5.92. The van der Waals surface area contributed by atoms with Crippen LogP contribution in [0.25, 0.3) is 0 Å². The van der Waals surface area contributed by atoms with Gasteiger partial charge in [0.05, 0.1) is 0 Å². The lowest BCUT2D eigenvalue weighted by molar-refractivity contribution is -0.159. The number of hydrogen-bond acceptors (Lipinski definition) is 4. The van der Waals surface area contributed by atoms with Gasteiger partial charge in [-0.15, -0.1) is 0 Å². The molecule has 0 bridgehead atoms. The van der Waals surface area contributed by atoms with Crippen molar-refractivity contribution in [3.05, 3.63) is 29.1 Å². The molecule has 0 amide bonds. The molecule has 0 aliphatic carbocycles. The molecule has 0 heterocycles. The fraction of sp³-hybridized carbons (Fsp3) is 0.533. The molecule has 0 N–H and O–H groups in total. The van der Waals surface area contributed by atoms with Gasteiger partial charge in [-0.1, -0.05) is 6.92 Å². The van der Waals surface area contributed by atoms with Gasteiger partial charge < -0.3 is 4.74 Å². The molecule has 0 fully saturated rings. The smallest absolute Gasteiger partial charge is 0.324 e. The van der Waals surface area contributed by atoms with E-state index < -0.39 is 61.6 Å².